The Balaban J connectivity index is 1.69. The first kappa shape index (κ1) is 21.8. The summed E-state index contributed by atoms with van der Waals surface area (Å²) in [5, 5.41) is 0. The highest BCUT2D eigenvalue weighted by molar-refractivity contribution is 6.12. The SMILES string of the molecule is CCOc1ccc(C(=O)COC(=O)c2ccccc2C(=O)N(C)c2ccccc2)cc1. The highest BCUT2D eigenvalue weighted by Crippen LogP contribution is 2.18. The van der Waals surface area contributed by atoms with Gasteiger partial charge in [-0.1, -0.05) is 30.3 Å². The molecule has 0 bridgehead atoms. The number of esters is 1. The van der Waals surface area contributed by atoms with Crippen molar-refractivity contribution in [2.75, 3.05) is 25.2 Å². The molecule has 158 valence electrons. The van der Waals surface area contributed by atoms with Crippen LogP contribution in [0.25, 0.3) is 0 Å². The number of nitrogens with zero attached hydrogens (tertiary/aromatic N) is 1. The van der Waals surface area contributed by atoms with Crippen LogP contribution in [0.3, 0.4) is 0 Å². The van der Waals surface area contributed by atoms with E-state index in [4.69, 9.17) is 9.47 Å². The van der Waals surface area contributed by atoms with Crippen LogP contribution in [0.4, 0.5) is 5.69 Å². The summed E-state index contributed by atoms with van der Waals surface area (Å²) in [7, 11) is 1.63. The number of carbonyl (C=O) groups is 3. The van der Waals surface area contributed by atoms with E-state index in [1.165, 1.54) is 11.0 Å². The predicted octanol–water partition coefficient (Wildman–Crippen LogP) is 4.40. The summed E-state index contributed by atoms with van der Waals surface area (Å²) in [4.78, 5) is 39.4. The van der Waals surface area contributed by atoms with Gasteiger partial charge in [0, 0.05) is 18.3 Å². The Kier molecular flexibility index (Phi) is 7.17. The lowest BCUT2D eigenvalue weighted by atomic mass is 10.1. The molecule has 0 aromatic heterocycles. The number of hydrogen-bond acceptors (Lipinski definition) is 5. The van der Waals surface area contributed by atoms with Crippen LogP contribution in [0.2, 0.25) is 0 Å². The molecule has 0 fully saturated rings. The van der Waals surface area contributed by atoms with Gasteiger partial charge in [0.05, 0.1) is 17.7 Å². The van der Waals surface area contributed by atoms with Crippen molar-refractivity contribution in [3.05, 3.63) is 95.6 Å². The fraction of sp³-hybridized carbons (Fsp3) is 0.160. The Labute approximate surface area is 181 Å². The van der Waals surface area contributed by atoms with E-state index in [0.29, 0.717) is 23.6 Å². The molecule has 0 heterocycles. The van der Waals surface area contributed by atoms with Gasteiger partial charge < -0.3 is 14.4 Å². The number of para-hydroxylation sites is 1. The highest BCUT2D eigenvalue weighted by Gasteiger charge is 2.22. The van der Waals surface area contributed by atoms with Crippen LogP contribution in [-0.2, 0) is 4.74 Å². The molecule has 0 aliphatic rings. The molecule has 0 unspecified atom stereocenters. The van der Waals surface area contributed by atoms with Crippen LogP contribution in [-0.4, -0.2) is 37.9 Å². The van der Waals surface area contributed by atoms with Gasteiger partial charge in [-0.3, -0.25) is 9.59 Å². The Morgan fingerprint density at radius 1 is 0.806 bits per heavy atom. The zero-order valence-corrected chi connectivity index (χ0v) is 17.4. The second-order valence-corrected chi connectivity index (χ2v) is 6.70. The maximum Gasteiger partial charge on any atom is 0.339 e. The maximum atomic E-state index is 13.0. The van der Waals surface area contributed by atoms with Crippen LogP contribution in [0, 0.1) is 0 Å². The Bertz CT molecular complexity index is 1060. The summed E-state index contributed by atoms with van der Waals surface area (Å²) in [6.07, 6.45) is 0. The summed E-state index contributed by atoms with van der Waals surface area (Å²) in [6.45, 7) is 1.98. The molecule has 0 saturated heterocycles. The lowest BCUT2D eigenvalue weighted by molar-refractivity contribution is 0.0472. The zero-order valence-electron chi connectivity index (χ0n) is 17.4. The smallest absolute Gasteiger partial charge is 0.339 e. The van der Waals surface area contributed by atoms with Crippen molar-refractivity contribution in [2.24, 2.45) is 0 Å². The summed E-state index contributed by atoms with van der Waals surface area (Å²) in [5.41, 5.74) is 1.41. The molecule has 1 amide bonds. The average Bonchev–Trinajstić information content (AvgIpc) is 2.82. The van der Waals surface area contributed by atoms with Gasteiger partial charge in [0.25, 0.3) is 5.91 Å². The fourth-order valence-electron chi connectivity index (χ4n) is 2.99. The number of benzene rings is 3. The lowest BCUT2D eigenvalue weighted by Gasteiger charge is -2.18. The second-order valence-electron chi connectivity index (χ2n) is 6.70. The van der Waals surface area contributed by atoms with Crippen molar-refractivity contribution in [3.63, 3.8) is 0 Å². The molecule has 0 N–H and O–H groups in total. The molecule has 31 heavy (non-hydrogen) atoms. The molecule has 0 atom stereocenters. The van der Waals surface area contributed by atoms with Crippen molar-refractivity contribution < 1.29 is 23.9 Å². The van der Waals surface area contributed by atoms with E-state index in [1.54, 1.807) is 61.6 Å². The van der Waals surface area contributed by atoms with Crippen LogP contribution in [0.5, 0.6) is 5.75 Å². The minimum atomic E-state index is -0.732. The maximum absolute atomic E-state index is 13.0. The predicted molar refractivity (Wildman–Crippen MR) is 118 cm³/mol. The van der Waals surface area contributed by atoms with Gasteiger partial charge in [-0.25, -0.2) is 4.79 Å². The quantitative estimate of drug-likeness (QED) is 0.401. The molecular formula is C25H23NO5. The standard InChI is InChI=1S/C25H23NO5/c1-3-30-20-15-13-18(14-16-20)23(27)17-31-25(29)22-12-8-7-11-21(22)24(28)26(2)19-9-5-4-6-10-19/h4-16H,3,17H2,1-2H3. The van der Waals surface area contributed by atoms with Crippen LogP contribution in [0.1, 0.15) is 38.0 Å². The van der Waals surface area contributed by atoms with E-state index >= 15 is 0 Å². The van der Waals surface area contributed by atoms with Crippen LogP contribution >= 0.6 is 0 Å². The Morgan fingerprint density at radius 2 is 1.42 bits per heavy atom. The monoisotopic (exact) mass is 417 g/mol. The number of rotatable bonds is 8. The number of anilines is 1. The second kappa shape index (κ2) is 10.2. The van der Waals surface area contributed by atoms with Crippen LogP contribution < -0.4 is 9.64 Å². The molecule has 0 radical (unpaired) electrons. The molecule has 0 aliphatic heterocycles. The van der Waals surface area contributed by atoms with Gasteiger partial charge in [0.2, 0.25) is 0 Å². The summed E-state index contributed by atoms with van der Waals surface area (Å²) >= 11 is 0. The molecule has 3 rings (SSSR count). The molecule has 0 spiro atoms. The van der Waals surface area contributed by atoms with E-state index in [2.05, 4.69) is 0 Å². The molecule has 3 aromatic rings. The lowest BCUT2D eigenvalue weighted by Crippen LogP contribution is -2.28. The van der Waals surface area contributed by atoms with E-state index in [-0.39, 0.29) is 22.8 Å². The first-order valence-electron chi connectivity index (χ1n) is 9.86. The number of ketones is 1. The van der Waals surface area contributed by atoms with E-state index in [9.17, 15) is 14.4 Å². The third kappa shape index (κ3) is 5.36. The van der Waals surface area contributed by atoms with Gasteiger partial charge in [-0.15, -0.1) is 0 Å². The number of ether oxygens (including phenoxy) is 2. The van der Waals surface area contributed by atoms with Gasteiger partial charge in [0.1, 0.15) is 5.75 Å². The summed E-state index contributed by atoms with van der Waals surface area (Å²) in [5.74, 6) is -0.770. The van der Waals surface area contributed by atoms with Crippen molar-refractivity contribution in [2.45, 2.75) is 6.92 Å². The van der Waals surface area contributed by atoms with Crippen LogP contribution in [0.15, 0.2) is 78.9 Å². The molecule has 0 saturated carbocycles. The van der Waals surface area contributed by atoms with Crippen molar-refractivity contribution in [1.29, 1.82) is 0 Å². The first-order valence-corrected chi connectivity index (χ1v) is 9.86. The van der Waals surface area contributed by atoms with Gasteiger partial charge in [-0.2, -0.15) is 0 Å². The number of hydrogen-bond donors (Lipinski definition) is 0. The van der Waals surface area contributed by atoms with E-state index in [1.807, 2.05) is 25.1 Å². The topological polar surface area (TPSA) is 72.9 Å². The summed E-state index contributed by atoms with van der Waals surface area (Å²) < 4.78 is 10.6. The molecular weight excluding hydrogens is 394 g/mol. The van der Waals surface area contributed by atoms with E-state index in [0.717, 1.165) is 0 Å². The zero-order chi connectivity index (χ0) is 22.2. The Morgan fingerprint density at radius 3 is 2.06 bits per heavy atom. The van der Waals surface area contributed by atoms with Gasteiger partial charge in [-0.05, 0) is 55.5 Å². The normalized spacial score (nSPS) is 10.3. The van der Waals surface area contributed by atoms with Gasteiger partial charge in [0.15, 0.2) is 12.4 Å². The van der Waals surface area contributed by atoms with Gasteiger partial charge >= 0.3 is 5.97 Å². The fourth-order valence-corrected chi connectivity index (χ4v) is 2.99. The van der Waals surface area contributed by atoms with Crippen molar-refractivity contribution in [3.8, 4) is 5.75 Å². The third-order valence-corrected chi connectivity index (χ3v) is 4.65. The molecule has 0 aliphatic carbocycles. The average molecular weight is 417 g/mol. The molecule has 6 nitrogen and oxygen atoms in total. The summed E-state index contributed by atoms with van der Waals surface area (Å²) in [6, 6.07) is 22.1. The minimum absolute atomic E-state index is 0.106. The number of amides is 1. The molecule has 3 aromatic carbocycles. The van der Waals surface area contributed by atoms with E-state index < -0.39 is 12.6 Å². The number of carbonyl (C=O) groups excluding carboxylic acids is 3. The highest BCUT2D eigenvalue weighted by atomic mass is 16.5. The number of Topliss-reactive ketones (excluding diaryl/α,β-unsaturated/α-hetero) is 1. The Hall–Kier alpha value is -3.93. The largest absolute Gasteiger partial charge is 0.494 e. The third-order valence-electron chi connectivity index (χ3n) is 4.65. The minimum Gasteiger partial charge on any atom is -0.494 e. The first-order chi connectivity index (χ1) is 15.0. The van der Waals surface area contributed by atoms with Crippen molar-refractivity contribution >= 4 is 23.3 Å². The molecule has 6 heteroatoms. The van der Waals surface area contributed by atoms with Crippen molar-refractivity contribution in [1.82, 2.24) is 0 Å².